The number of nitrogens with zero attached hydrogens (tertiary/aromatic N) is 2. The smallest absolute Gasteiger partial charge is 0.317 e. The van der Waals surface area contributed by atoms with E-state index in [1.807, 2.05) is 0 Å². The molecule has 2 saturated heterocycles. The third kappa shape index (κ3) is 2.39. The summed E-state index contributed by atoms with van der Waals surface area (Å²) in [6, 6.07) is 2.10. The van der Waals surface area contributed by atoms with Crippen molar-refractivity contribution in [1.82, 2.24) is 10.2 Å². The number of nitrogens with two attached hydrogens (primary N) is 1. The lowest BCUT2D eigenvalue weighted by molar-refractivity contribution is 0.197. The highest BCUT2D eigenvalue weighted by atomic mass is 32.1. The number of rotatable bonds is 2. The lowest BCUT2D eigenvalue weighted by atomic mass is 10.1. The molecule has 0 aliphatic carbocycles. The highest BCUT2D eigenvalue weighted by Gasteiger charge is 2.36. The van der Waals surface area contributed by atoms with E-state index >= 15 is 0 Å². The standard InChI is InChI=1S/C13H14F2N4OS/c14-9-3-7(12(16)21)4-10(15)11(9)18-1-2-19-8(6-18)5-17-13(19)20/h3-4,8H,1-2,5-6H2,(H2,16,21)(H,17,20). The summed E-state index contributed by atoms with van der Waals surface area (Å²) < 4.78 is 28.4. The average Bonchev–Trinajstić information content (AvgIpc) is 2.79. The Morgan fingerprint density at radius 2 is 2.00 bits per heavy atom. The highest BCUT2D eigenvalue weighted by molar-refractivity contribution is 7.80. The van der Waals surface area contributed by atoms with Crippen molar-refractivity contribution in [2.24, 2.45) is 5.73 Å². The molecule has 5 nitrogen and oxygen atoms in total. The van der Waals surface area contributed by atoms with Gasteiger partial charge in [0.1, 0.15) is 22.3 Å². The van der Waals surface area contributed by atoms with Crippen LogP contribution in [-0.4, -0.2) is 48.1 Å². The Balaban J connectivity index is 1.88. The van der Waals surface area contributed by atoms with Crippen LogP contribution < -0.4 is 16.0 Å². The predicted molar refractivity (Wildman–Crippen MR) is 78.4 cm³/mol. The van der Waals surface area contributed by atoms with E-state index in [1.54, 1.807) is 9.80 Å². The summed E-state index contributed by atoms with van der Waals surface area (Å²) in [4.78, 5) is 14.8. The first-order chi connectivity index (χ1) is 9.97. The summed E-state index contributed by atoms with van der Waals surface area (Å²) in [5.41, 5.74) is 5.48. The number of thiocarbonyl (C=S) groups is 1. The molecule has 2 aliphatic heterocycles. The van der Waals surface area contributed by atoms with E-state index < -0.39 is 11.6 Å². The molecule has 3 rings (SSSR count). The van der Waals surface area contributed by atoms with Crippen LogP contribution in [0.15, 0.2) is 12.1 Å². The van der Waals surface area contributed by atoms with Gasteiger partial charge in [-0.15, -0.1) is 0 Å². The Morgan fingerprint density at radius 3 is 2.62 bits per heavy atom. The zero-order chi connectivity index (χ0) is 15.1. The van der Waals surface area contributed by atoms with Crippen molar-refractivity contribution in [2.75, 3.05) is 31.1 Å². The fraction of sp³-hybridized carbons (Fsp3) is 0.385. The van der Waals surface area contributed by atoms with Gasteiger partial charge in [-0.3, -0.25) is 0 Å². The van der Waals surface area contributed by atoms with Crippen molar-refractivity contribution in [3.05, 3.63) is 29.3 Å². The summed E-state index contributed by atoms with van der Waals surface area (Å²) in [6.45, 7) is 1.69. The third-order valence-corrected chi connectivity index (χ3v) is 4.09. The van der Waals surface area contributed by atoms with Crippen molar-refractivity contribution in [1.29, 1.82) is 0 Å². The molecule has 1 aromatic carbocycles. The minimum Gasteiger partial charge on any atom is -0.389 e. The van der Waals surface area contributed by atoms with Crippen LogP contribution in [0.1, 0.15) is 5.56 Å². The van der Waals surface area contributed by atoms with Crippen molar-refractivity contribution in [3.63, 3.8) is 0 Å². The molecule has 0 bridgehead atoms. The Labute approximate surface area is 125 Å². The van der Waals surface area contributed by atoms with Crippen molar-refractivity contribution < 1.29 is 13.6 Å². The Morgan fingerprint density at radius 1 is 1.33 bits per heavy atom. The first kappa shape index (κ1) is 14.0. The molecule has 2 heterocycles. The second kappa shape index (κ2) is 5.10. The number of fused-ring (bicyclic) bond motifs is 1. The van der Waals surface area contributed by atoms with Gasteiger partial charge in [-0.1, -0.05) is 12.2 Å². The van der Waals surface area contributed by atoms with Crippen LogP contribution >= 0.6 is 12.2 Å². The molecule has 1 atom stereocenters. The molecule has 3 N–H and O–H groups in total. The van der Waals surface area contributed by atoms with Crippen LogP contribution in [0.5, 0.6) is 0 Å². The zero-order valence-corrected chi connectivity index (χ0v) is 11.9. The van der Waals surface area contributed by atoms with Gasteiger partial charge in [-0.2, -0.15) is 0 Å². The number of benzene rings is 1. The van der Waals surface area contributed by atoms with Gasteiger partial charge < -0.3 is 20.9 Å². The summed E-state index contributed by atoms with van der Waals surface area (Å²) >= 11 is 4.73. The van der Waals surface area contributed by atoms with Crippen LogP contribution in [0.25, 0.3) is 0 Å². The topological polar surface area (TPSA) is 61.6 Å². The number of anilines is 1. The van der Waals surface area contributed by atoms with Crippen molar-refractivity contribution in [2.45, 2.75) is 6.04 Å². The Kier molecular flexibility index (Phi) is 3.40. The maximum absolute atomic E-state index is 14.2. The zero-order valence-electron chi connectivity index (χ0n) is 11.1. The minimum absolute atomic E-state index is 0.0465. The molecule has 8 heteroatoms. The number of amides is 2. The second-order valence-corrected chi connectivity index (χ2v) is 5.57. The molecule has 1 aromatic rings. The minimum atomic E-state index is -0.691. The average molecular weight is 312 g/mol. The lowest BCUT2D eigenvalue weighted by Gasteiger charge is -2.38. The molecule has 0 aromatic heterocycles. The Bertz CT molecular complexity index is 601. The number of carbonyl (C=O) groups is 1. The van der Waals surface area contributed by atoms with E-state index in [-0.39, 0.29) is 28.3 Å². The normalized spacial score (nSPS) is 21.2. The van der Waals surface area contributed by atoms with Gasteiger partial charge >= 0.3 is 6.03 Å². The van der Waals surface area contributed by atoms with Gasteiger partial charge in [0.15, 0.2) is 0 Å². The van der Waals surface area contributed by atoms with E-state index in [9.17, 15) is 13.6 Å². The quantitative estimate of drug-likeness (QED) is 0.794. The van der Waals surface area contributed by atoms with Crippen LogP contribution in [-0.2, 0) is 0 Å². The van der Waals surface area contributed by atoms with E-state index in [1.165, 1.54) is 0 Å². The van der Waals surface area contributed by atoms with Gasteiger partial charge in [0.05, 0.1) is 6.04 Å². The molecule has 2 fully saturated rings. The molecular formula is C13H14F2N4OS. The maximum atomic E-state index is 14.2. The van der Waals surface area contributed by atoms with Gasteiger partial charge in [-0.05, 0) is 12.1 Å². The lowest BCUT2D eigenvalue weighted by Crippen LogP contribution is -2.52. The molecule has 0 spiro atoms. The number of hydrogen-bond acceptors (Lipinski definition) is 3. The number of urea groups is 1. The first-order valence-corrected chi connectivity index (χ1v) is 6.96. The molecule has 112 valence electrons. The molecule has 2 aliphatic rings. The summed E-state index contributed by atoms with van der Waals surface area (Å²) in [7, 11) is 0. The number of carbonyl (C=O) groups excluding carboxylic acids is 1. The molecule has 0 radical (unpaired) electrons. The van der Waals surface area contributed by atoms with Crippen LogP contribution in [0.2, 0.25) is 0 Å². The van der Waals surface area contributed by atoms with Crippen LogP contribution in [0.4, 0.5) is 19.3 Å². The summed E-state index contributed by atoms with van der Waals surface area (Å²) in [6.07, 6.45) is 0. The Hall–Kier alpha value is -1.96. The third-order valence-electron chi connectivity index (χ3n) is 3.85. The monoisotopic (exact) mass is 312 g/mol. The number of nitrogens with one attached hydrogen (secondary N) is 1. The fourth-order valence-corrected chi connectivity index (χ4v) is 2.93. The van der Waals surface area contributed by atoms with Crippen LogP contribution in [0, 0.1) is 11.6 Å². The first-order valence-electron chi connectivity index (χ1n) is 6.55. The molecular weight excluding hydrogens is 298 g/mol. The molecule has 1 unspecified atom stereocenters. The van der Waals surface area contributed by atoms with Gasteiger partial charge in [-0.25, -0.2) is 13.6 Å². The maximum Gasteiger partial charge on any atom is 0.317 e. The largest absolute Gasteiger partial charge is 0.389 e. The molecule has 21 heavy (non-hydrogen) atoms. The van der Waals surface area contributed by atoms with Crippen LogP contribution in [0.3, 0.4) is 0 Å². The van der Waals surface area contributed by atoms with Gasteiger partial charge in [0.25, 0.3) is 0 Å². The SMILES string of the molecule is NC(=S)c1cc(F)c(N2CCN3C(=O)NCC3C2)c(F)c1. The van der Waals surface area contributed by atoms with E-state index in [4.69, 9.17) is 18.0 Å². The molecule has 0 saturated carbocycles. The number of hydrogen-bond donors (Lipinski definition) is 2. The van der Waals surface area contributed by atoms with Crippen molar-refractivity contribution >= 4 is 28.9 Å². The van der Waals surface area contributed by atoms with E-state index in [2.05, 4.69) is 5.32 Å². The number of halogens is 2. The van der Waals surface area contributed by atoms with Gasteiger partial charge in [0.2, 0.25) is 0 Å². The summed E-state index contributed by atoms with van der Waals surface area (Å²) in [5, 5.41) is 2.73. The fourth-order valence-electron chi connectivity index (χ4n) is 2.82. The van der Waals surface area contributed by atoms with E-state index in [0.29, 0.717) is 26.2 Å². The molecule has 2 amide bonds. The predicted octanol–water partition coefficient (Wildman–Crippen LogP) is 0.813. The highest BCUT2D eigenvalue weighted by Crippen LogP contribution is 2.28. The van der Waals surface area contributed by atoms with Crippen molar-refractivity contribution in [3.8, 4) is 0 Å². The number of piperazine rings is 1. The van der Waals surface area contributed by atoms with Gasteiger partial charge in [0, 0.05) is 31.7 Å². The van der Waals surface area contributed by atoms with E-state index in [0.717, 1.165) is 12.1 Å². The summed E-state index contributed by atoms with van der Waals surface area (Å²) in [5.74, 6) is -1.38. The second-order valence-electron chi connectivity index (χ2n) is 5.13.